The molecule has 1 N–H and O–H groups in total. The zero-order chi connectivity index (χ0) is 29.4. The van der Waals surface area contributed by atoms with Gasteiger partial charge in [0.15, 0.2) is 5.82 Å². The summed E-state index contributed by atoms with van der Waals surface area (Å²) in [5.74, 6) is -1.36. The highest BCUT2D eigenvalue weighted by molar-refractivity contribution is 7.92. The van der Waals surface area contributed by atoms with Gasteiger partial charge in [0.25, 0.3) is 5.91 Å². The van der Waals surface area contributed by atoms with Crippen LogP contribution in [0.25, 0.3) is 10.8 Å². The number of anilines is 1. The van der Waals surface area contributed by atoms with E-state index in [1.165, 1.54) is 0 Å². The fourth-order valence-corrected chi connectivity index (χ4v) is 6.43. The van der Waals surface area contributed by atoms with Crippen LogP contribution in [0.15, 0.2) is 54.6 Å². The van der Waals surface area contributed by atoms with E-state index in [1.54, 1.807) is 23.1 Å². The maximum absolute atomic E-state index is 16.3. The van der Waals surface area contributed by atoms with Gasteiger partial charge in [-0.25, -0.2) is 18.2 Å². The molecule has 0 aromatic heterocycles. The van der Waals surface area contributed by atoms with Gasteiger partial charge in [0.1, 0.15) is 30.2 Å². The molecular formula is C30H34FN3O6S. The Morgan fingerprint density at radius 2 is 1.85 bits per heavy atom. The first-order chi connectivity index (χ1) is 19.4. The molecule has 0 radical (unpaired) electrons. The molecule has 2 aliphatic heterocycles. The number of amides is 2. The molecule has 2 heterocycles. The summed E-state index contributed by atoms with van der Waals surface area (Å²) >= 11 is 0. The molecule has 1 atom stereocenters. The van der Waals surface area contributed by atoms with E-state index in [0.29, 0.717) is 24.9 Å². The Morgan fingerprint density at radius 1 is 1.10 bits per heavy atom. The van der Waals surface area contributed by atoms with E-state index in [4.69, 9.17) is 9.47 Å². The number of carbonyl (C=O) groups excluding carboxylic acids is 2. The van der Waals surface area contributed by atoms with Crippen LogP contribution in [0, 0.1) is 11.7 Å². The van der Waals surface area contributed by atoms with Crippen molar-refractivity contribution in [3.05, 3.63) is 71.5 Å². The zero-order valence-corrected chi connectivity index (χ0v) is 24.2. The molecule has 218 valence electrons. The molecule has 0 saturated carbocycles. The van der Waals surface area contributed by atoms with Crippen molar-refractivity contribution in [3.63, 3.8) is 0 Å². The number of rotatable bonds is 6. The molecule has 5 rings (SSSR count). The average molecular weight is 584 g/mol. The smallest absolute Gasteiger partial charge is 0.410 e. The summed E-state index contributed by atoms with van der Waals surface area (Å²) in [7, 11) is -4.28. The minimum absolute atomic E-state index is 0.0203. The Morgan fingerprint density at radius 3 is 2.54 bits per heavy atom. The van der Waals surface area contributed by atoms with Gasteiger partial charge in [-0.2, -0.15) is 8.42 Å². The molecule has 0 spiro atoms. The minimum atomic E-state index is -4.28. The molecule has 2 saturated heterocycles. The van der Waals surface area contributed by atoms with Gasteiger partial charge in [-0.3, -0.25) is 4.79 Å². The fourth-order valence-electron chi connectivity index (χ4n) is 5.27. The molecule has 9 nitrogen and oxygen atoms in total. The van der Waals surface area contributed by atoms with E-state index in [-0.39, 0.29) is 35.4 Å². The SMILES string of the molecule is CC(C)(C)OC(=O)N1CCCC(Cc2ccc3cc(OCc4ccccc4)c(N4CC(=O)NS4(=O)=O)c(F)c3c2)C1. The third-order valence-electron chi connectivity index (χ3n) is 7.08. The van der Waals surface area contributed by atoms with Crippen molar-refractivity contribution < 1.29 is 31.9 Å². The van der Waals surface area contributed by atoms with Gasteiger partial charge in [0, 0.05) is 18.5 Å². The molecule has 3 aromatic rings. The summed E-state index contributed by atoms with van der Waals surface area (Å²) < 4.78 is 55.8. The second-order valence-electron chi connectivity index (χ2n) is 11.5. The largest absolute Gasteiger partial charge is 0.487 e. The highest BCUT2D eigenvalue weighted by Crippen LogP contribution is 2.40. The number of likely N-dealkylation sites (tertiary alicyclic amines) is 1. The van der Waals surface area contributed by atoms with Gasteiger partial charge >= 0.3 is 16.3 Å². The van der Waals surface area contributed by atoms with Gasteiger partial charge < -0.3 is 14.4 Å². The van der Waals surface area contributed by atoms with Crippen LogP contribution in [-0.2, 0) is 32.8 Å². The first-order valence-corrected chi connectivity index (χ1v) is 15.1. The van der Waals surface area contributed by atoms with Crippen LogP contribution >= 0.6 is 0 Å². The monoisotopic (exact) mass is 583 g/mol. The Bertz CT molecular complexity index is 1570. The van der Waals surface area contributed by atoms with E-state index in [0.717, 1.165) is 28.3 Å². The van der Waals surface area contributed by atoms with Crippen molar-refractivity contribution in [2.75, 3.05) is 23.9 Å². The molecular weight excluding hydrogens is 549 g/mol. The lowest BCUT2D eigenvalue weighted by molar-refractivity contribution is -0.117. The van der Waals surface area contributed by atoms with E-state index < -0.39 is 34.1 Å². The number of nitrogens with zero attached hydrogens (tertiary/aromatic N) is 2. The molecule has 2 aliphatic rings. The molecule has 0 bridgehead atoms. The number of hydrogen-bond acceptors (Lipinski definition) is 6. The van der Waals surface area contributed by atoms with Crippen LogP contribution in [0.4, 0.5) is 14.9 Å². The average Bonchev–Trinajstić information content (AvgIpc) is 3.18. The molecule has 0 aliphatic carbocycles. The number of nitrogens with one attached hydrogen (secondary N) is 1. The third-order valence-corrected chi connectivity index (χ3v) is 8.46. The number of ether oxygens (including phenoxy) is 2. The third kappa shape index (κ3) is 6.56. The van der Waals surface area contributed by atoms with Crippen molar-refractivity contribution in [2.45, 2.75) is 52.2 Å². The first-order valence-electron chi connectivity index (χ1n) is 13.6. The summed E-state index contributed by atoms with van der Waals surface area (Å²) in [5, 5.41) is 0.756. The molecule has 2 fully saturated rings. The van der Waals surface area contributed by atoms with Crippen molar-refractivity contribution in [3.8, 4) is 5.75 Å². The molecule has 11 heteroatoms. The minimum Gasteiger partial charge on any atom is -0.487 e. The van der Waals surface area contributed by atoms with E-state index >= 15 is 4.39 Å². The van der Waals surface area contributed by atoms with Gasteiger partial charge in [-0.1, -0.05) is 42.5 Å². The number of benzene rings is 3. The summed E-state index contributed by atoms with van der Waals surface area (Å²) in [6.07, 6.45) is 2.02. The Kier molecular flexibility index (Phi) is 7.83. The summed E-state index contributed by atoms with van der Waals surface area (Å²) in [5.41, 5.74) is 0.790. The lowest BCUT2D eigenvalue weighted by Crippen LogP contribution is -2.43. The van der Waals surface area contributed by atoms with Gasteiger partial charge in [-0.15, -0.1) is 0 Å². The highest BCUT2D eigenvalue weighted by Gasteiger charge is 2.38. The predicted molar refractivity (Wildman–Crippen MR) is 153 cm³/mol. The quantitative estimate of drug-likeness (QED) is 0.441. The maximum Gasteiger partial charge on any atom is 0.410 e. The standard InChI is InChI=1S/C30H34FN3O6S/c1-30(2,3)40-29(36)33-13-7-10-22(17-33)14-21-11-12-23-16-25(39-19-20-8-5-4-6-9-20)28(27(31)24(23)15-21)34-18-26(35)32-41(34,37)38/h4-6,8-9,11-12,15-16,22H,7,10,13-14,17-19H2,1-3H3,(H,32,35). The van der Waals surface area contributed by atoms with Gasteiger partial charge in [0.2, 0.25) is 0 Å². The van der Waals surface area contributed by atoms with Crippen LogP contribution < -0.4 is 13.8 Å². The van der Waals surface area contributed by atoms with Crippen LogP contribution in [0.5, 0.6) is 5.75 Å². The van der Waals surface area contributed by atoms with E-state index in [9.17, 15) is 18.0 Å². The van der Waals surface area contributed by atoms with E-state index in [1.807, 2.05) is 61.9 Å². The second kappa shape index (κ2) is 11.2. The number of halogens is 1. The van der Waals surface area contributed by atoms with Crippen LogP contribution in [0.1, 0.15) is 44.7 Å². The number of hydrogen-bond donors (Lipinski definition) is 1. The highest BCUT2D eigenvalue weighted by atomic mass is 32.2. The number of fused-ring (bicyclic) bond motifs is 1. The normalized spacial score (nSPS) is 18.8. The maximum atomic E-state index is 16.3. The summed E-state index contributed by atoms with van der Waals surface area (Å²) in [4.78, 5) is 26.3. The number of piperidine rings is 1. The zero-order valence-electron chi connectivity index (χ0n) is 23.4. The lowest BCUT2D eigenvalue weighted by atomic mass is 9.90. The Labute approximate surface area is 239 Å². The van der Waals surface area contributed by atoms with Crippen molar-refractivity contribution in [1.82, 2.24) is 9.62 Å². The van der Waals surface area contributed by atoms with Gasteiger partial charge in [0.05, 0.1) is 0 Å². The Balaban J connectivity index is 1.45. The molecule has 1 unspecified atom stereocenters. The lowest BCUT2D eigenvalue weighted by Gasteiger charge is -2.34. The summed E-state index contributed by atoms with van der Waals surface area (Å²) in [6, 6.07) is 16.2. The first kappa shape index (κ1) is 28.7. The van der Waals surface area contributed by atoms with Crippen LogP contribution in [0.2, 0.25) is 0 Å². The molecule has 41 heavy (non-hydrogen) atoms. The van der Waals surface area contributed by atoms with Crippen molar-refractivity contribution in [1.29, 1.82) is 0 Å². The fraction of sp³-hybridized carbons (Fsp3) is 0.400. The molecule has 3 aromatic carbocycles. The van der Waals surface area contributed by atoms with Crippen molar-refractivity contribution in [2.24, 2.45) is 5.92 Å². The van der Waals surface area contributed by atoms with E-state index in [2.05, 4.69) is 0 Å². The Hall–Kier alpha value is -3.86. The second-order valence-corrected chi connectivity index (χ2v) is 13.1. The number of carbonyl (C=O) groups is 2. The topological polar surface area (TPSA) is 105 Å². The molecule has 2 amide bonds. The van der Waals surface area contributed by atoms with Crippen LogP contribution in [-0.4, -0.2) is 50.6 Å². The summed E-state index contributed by atoms with van der Waals surface area (Å²) in [6.45, 7) is 6.21. The predicted octanol–water partition coefficient (Wildman–Crippen LogP) is 4.93. The van der Waals surface area contributed by atoms with Gasteiger partial charge in [-0.05, 0) is 74.6 Å². The van der Waals surface area contributed by atoms with Crippen LogP contribution in [0.3, 0.4) is 0 Å². The van der Waals surface area contributed by atoms with Crippen molar-refractivity contribution >= 4 is 38.7 Å².